The summed E-state index contributed by atoms with van der Waals surface area (Å²) >= 11 is 10.2. The van der Waals surface area contributed by atoms with Crippen LogP contribution in [0.4, 0.5) is 11.4 Å². The maximum atomic E-state index is 9.51. The monoisotopic (exact) mass is 792 g/mol. The van der Waals surface area contributed by atoms with Crippen LogP contribution in [-0.4, -0.2) is 57.2 Å². The molecular weight excluding hydrogens is 760 g/mol. The van der Waals surface area contributed by atoms with Crippen molar-refractivity contribution in [2.45, 2.75) is 0 Å². The van der Waals surface area contributed by atoms with Gasteiger partial charge in [0, 0.05) is 46.7 Å². The van der Waals surface area contributed by atoms with Gasteiger partial charge in [0.05, 0.1) is 29.4 Å². The van der Waals surface area contributed by atoms with E-state index in [0.717, 1.165) is 42.4 Å². The fourth-order valence-corrected chi connectivity index (χ4v) is 7.10. The first-order valence-corrected chi connectivity index (χ1v) is 17.7. The molecule has 0 saturated carbocycles. The zero-order chi connectivity index (χ0) is 33.5. The van der Waals surface area contributed by atoms with Gasteiger partial charge in [0.1, 0.15) is 21.5 Å². The maximum Gasteiger partial charge on any atom is 0.188 e. The SMILES string of the molecule is CN(C)c1ccc2nc(/C=C/c3ccc(O)c(Br)c3)sc2c1.COCOc1ccc(/C=C/c2nc3ccc(N(C)C)cc3s2)cc1Br. The molecule has 0 fully saturated rings. The minimum atomic E-state index is 0.231. The van der Waals surface area contributed by atoms with Gasteiger partial charge in [0.15, 0.2) is 6.79 Å². The number of thiazole rings is 2. The summed E-state index contributed by atoms with van der Waals surface area (Å²) in [7, 11) is 9.75. The summed E-state index contributed by atoms with van der Waals surface area (Å²) in [4.78, 5) is 13.5. The van der Waals surface area contributed by atoms with E-state index in [0.29, 0.717) is 4.47 Å². The van der Waals surface area contributed by atoms with Crippen molar-refractivity contribution in [3.05, 3.63) is 103 Å². The van der Waals surface area contributed by atoms with E-state index in [9.17, 15) is 5.11 Å². The molecule has 11 heteroatoms. The molecule has 7 nitrogen and oxygen atoms in total. The van der Waals surface area contributed by atoms with Gasteiger partial charge >= 0.3 is 0 Å². The van der Waals surface area contributed by atoms with E-state index in [2.05, 4.69) is 94.1 Å². The molecule has 242 valence electrons. The molecule has 0 bridgehead atoms. The summed E-state index contributed by atoms with van der Waals surface area (Å²) in [5.74, 6) is 1.00. The van der Waals surface area contributed by atoms with Crippen LogP contribution in [0.25, 0.3) is 44.7 Å². The van der Waals surface area contributed by atoms with E-state index in [1.54, 1.807) is 35.8 Å². The Labute approximate surface area is 299 Å². The summed E-state index contributed by atoms with van der Waals surface area (Å²) < 4.78 is 14.3. The predicted octanol–water partition coefficient (Wildman–Crippen LogP) is 10.3. The Bertz CT molecular complexity index is 2050. The van der Waals surface area contributed by atoms with Crippen LogP contribution >= 0.6 is 54.5 Å². The number of hydrogen-bond acceptors (Lipinski definition) is 9. The number of phenols is 1. The van der Waals surface area contributed by atoms with Crippen LogP contribution in [0.15, 0.2) is 81.7 Å². The first-order valence-electron chi connectivity index (χ1n) is 14.5. The number of benzene rings is 4. The number of methoxy groups -OCH3 is 1. The molecule has 0 aliphatic heterocycles. The third-order valence-electron chi connectivity index (χ3n) is 6.91. The molecule has 6 rings (SSSR count). The number of hydrogen-bond donors (Lipinski definition) is 1. The molecule has 0 amide bonds. The number of fused-ring (bicyclic) bond motifs is 2. The van der Waals surface area contributed by atoms with E-state index in [-0.39, 0.29) is 12.5 Å². The first kappa shape index (κ1) is 34.6. The second-order valence-electron chi connectivity index (χ2n) is 10.8. The highest BCUT2D eigenvalue weighted by atomic mass is 79.9. The molecule has 2 aromatic heterocycles. The highest BCUT2D eigenvalue weighted by Crippen LogP contribution is 2.31. The molecule has 0 aliphatic rings. The Hall–Kier alpha value is -3.74. The molecule has 0 aliphatic carbocycles. The Morgan fingerprint density at radius 2 is 1.19 bits per heavy atom. The molecule has 0 atom stereocenters. The lowest BCUT2D eigenvalue weighted by atomic mass is 10.2. The third-order valence-corrected chi connectivity index (χ3v) is 10.1. The van der Waals surface area contributed by atoms with E-state index in [4.69, 9.17) is 9.47 Å². The average Bonchev–Trinajstić information content (AvgIpc) is 3.66. The molecule has 6 aromatic rings. The highest BCUT2D eigenvalue weighted by molar-refractivity contribution is 9.10. The van der Waals surface area contributed by atoms with Crippen LogP contribution in [0.2, 0.25) is 0 Å². The number of phenolic OH excluding ortho intramolecular Hbond substituents is 1. The van der Waals surface area contributed by atoms with Crippen molar-refractivity contribution in [2.24, 2.45) is 0 Å². The number of rotatable bonds is 9. The van der Waals surface area contributed by atoms with Crippen molar-refractivity contribution in [1.82, 2.24) is 9.97 Å². The zero-order valence-electron chi connectivity index (χ0n) is 26.6. The van der Waals surface area contributed by atoms with Crippen LogP contribution in [0.5, 0.6) is 11.5 Å². The second-order valence-corrected chi connectivity index (χ2v) is 14.6. The number of nitrogens with zero attached hydrogens (tertiary/aromatic N) is 4. The van der Waals surface area contributed by atoms with Gasteiger partial charge in [0.2, 0.25) is 0 Å². The molecule has 4 aromatic carbocycles. The third kappa shape index (κ3) is 9.21. The van der Waals surface area contributed by atoms with Crippen LogP contribution in [0, 0.1) is 0 Å². The summed E-state index contributed by atoms with van der Waals surface area (Å²) in [6.45, 7) is 0.231. The number of anilines is 2. The Morgan fingerprint density at radius 3 is 1.66 bits per heavy atom. The van der Waals surface area contributed by atoms with Crippen molar-refractivity contribution >= 4 is 111 Å². The van der Waals surface area contributed by atoms with Crippen molar-refractivity contribution in [3.8, 4) is 11.5 Å². The van der Waals surface area contributed by atoms with Crippen LogP contribution in [-0.2, 0) is 4.74 Å². The molecule has 2 heterocycles. The molecule has 0 radical (unpaired) electrons. The van der Waals surface area contributed by atoms with Crippen LogP contribution in [0.1, 0.15) is 21.1 Å². The highest BCUT2D eigenvalue weighted by Gasteiger charge is 2.06. The molecule has 0 spiro atoms. The van der Waals surface area contributed by atoms with Gasteiger partial charge in [-0.05, 0) is 116 Å². The number of aromatic nitrogens is 2. The van der Waals surface area contributed by atoms with Gasteiger partial charge in [-0.1, -0.05) is 24.3 Å². The minimum Gasteiger partial charge on any atom is -0.507 e. The van der Waals surface area contributed by atoms with Gasteiger partial charge in [-0.15, -0.1) is 22.7 Å². The Morgan fingerprint density at radius 1 is 0.681 bits per heavy atom. The van der Waals surface area contributed by atoms with E-state index in [1.165, 1.54) is 20.8 Å². The minimum absolute atomic E-state index is 0.231. The van der Waals surface area contributed by atoms with Gasteiger partial charge in [-0.25, -0.2) is 9.97 Å². The average molecular weight is 795 g/mol. The lowest BCUT2D eigenvalue weighted by Crippen LogP contribution is -2.07. The normalized spacial score (nSPS) is 11.4. The molecule has 47 heavy (non-hydrogen) atoms. The van der Waals surface area contributed by atoms with Gasteiger partial charge < -0.3 is 24.4 Å². The number of halogens is 2. The standard InChI is InChI=1S/C19H19BrN2O2S.C17H15BrN2OS/c1-22(2)14-6-7-16-18(11-14)25-19(21-16)9-5-13-4-8-17(15(20)10-13)24-12-23-3;1-20(2)12-5-6-14-16(10-12)22-17(19-14)8-4-11-3-7-15(21)13(18)9-11/h4-11H,12H2,1-3H3;3-10,21H,1-2H3/b9-5+;8-4+. The summed E-state index contributed by atoms with van der Waals surface area (Å²) in [5, 5.41) is 11.5. The number of ether oxygens (including phenoxy) is 2. The zero-order valence-corrected chi connectivity index (χ0v) is 31.4. The summed E-state index contributed by atoms with van der Waals surface area (Å²) in [6, 6.07) is 24.0. The largest absolute Gasteiger partial charge is 0.507 e. The predicted molar refractivity (Wildman–Crippen MR) is 208 cm³/mol. The first-order chi connectivity index (χ1) is 22.6. The van der Waals surface area contributed by atoms with Gasteiger partial charge in [-0.3, -0.25) is 0 Å². The molecule has 0 saturated heterocycles. The fraction of sp³-hybridized carbons (Fsp3) is 0.167. The maximum absolute atomic E-state index is 9.51. The summed E-state index contributed by atoms with van der Waals surface area (Å²) in [6.07, 6.45) is 8.08. The lowest BCUT2D eigenvalue weighted by molar-refractivity contribution is 0.0506. The Balaban J connectivity index is 0.000000186. The topological polar surface area (TPSA) is 71.0 Å². The lowest BCUT2D eigenvalue weighted by Gasteiger charge is -2.11. The van der Waals surface area contributed by atoms with Gasteiger partial charge in [-0.2, -0.15) is 0 Å². The van der Waals surface area contributed by atoms with E-state index in [1.807, 2.05) is 76.8 Å². The quantitative estimate of drug-likeness (QED) is 0.146. The van der Waals surface area contributed by atoms with Crippen molar-refractivity contribution in [2.75, 3.05) is 51.9 Å². The van der Waals surface area contributed by atoms with Gasteiger partial charge in [0.25, 0.3) is 0 Å². The van der Waals surface area contributed by atoms with E-state index < -0.39 is 0 Å². The smallest absolute Gasteiger partial charge is 0.188 e. The van der Waals surface area contributed by atoms with Crippen LogP contribution < -0.4 is 14.5 Å². The van der Waals surface area contributed by atoms with Crippen molar-refractivity contribution in [3.63, 3.8) is 0 Å². The van der Waals surface area contributed by atoms with E-state index >= 15 is 0 Å². The molecule has 1 N–H and O–H groups in total. The molecule has 0 unspecified atom stereocenters. The number of aromatic hydroxyl groups is 1. The Kier molecular flexibility index (Phi) is 11.7. The van der Waals surface area contributed by atoms with Crippen molar-refractivity contribution < 1.29 is 14.6 Å². The molecular formula is C36H34Br2N4O3S2. The summed E-state index contributed by atoms with van der Waals surface area (Å²) in [5.41, 5.74) is 6.49. The fourth-order valence-electron chi connectivity index (χ4n) is 4.38. The van der Waals surface area contributed by atoms with Crippen molar-refractivity contribution in [1.29, 1.82) is 0 Å². The second kappa shape index (κ2) is 15.9. The van der Waals surface area contributed by atoms with Crippen LogP contribution in [0.3, 0.4) is 0 Å².